The third-order valence-electron chi connectivity index (χ3n) is 4.16. The first-order valence-corrected chi connectivity index (χ1v) is 8.02. The number of aromatic hydroxyl groups is 1. The van der Waals surface area contributed by atoms with Gasteiger partial charge in [0.05, 0.1) is 0 Å². The summed E-state index contributed by atoms with van der Waals surface area (Å²) in [6.45, 7) is 2.16. The second-order valence-electron chi connectivity index (χ2n) is 5.93. The summed E-state index contributed by atoms with van der Waals surface area (Å²) in [7, 11) is 2.04. The van der Waals surface area contributed by atoms with Gasteiger partial charge in [0.25, 0.3) is 0 Å². The van der Waals surface area contributed by atoms with Crippen molar-refractivity contribution >= 4 is 5.82 Å². The second-order valence-corrected chi connectivity index (χ2v) is 5.93. The van der Waals surface area contributed by atoms with Crippen molar-refractivity contribution in [3.63, 3.8) is 0 Å². The molecule has 0 saturated carbocycles. The highest BCUT2D eigenvalue weighted by atomic mass is 16.3. The number of aromatic nitrogens is 2. The van der Waals surface area contributed by atoms with Gasteiger partial charge in [0, 0.05) is 24.8 Å². The van der Waals surface area contributed by atoms with Gasteiger partial charge in [-0.15, -0.1) is 0 Å². The van der Waals surface area contributed by atoms with Crippen LogP contribution in [0.5, 0.6) is 5.75 Å². The number of phenols is 1. The van der Waals surface area contributed by atoms with E-state index in [0.29, 0.717) is 5.75 Å². The van der Waals surface area contributed by atoms with Crippen LogP contribution in [0.2, 0.25) is 0 Å². The van der Waals surface area contributed by atoms with Crippen LogP contribution >= 0.6 is 0 Å². The molecule has 0 radical (unpaired) electrons. The average molecular weight is 319 g/mol. The van der Waals surface area contributed by atoms with Gasteiger partial charge in [-0.2, -0.15) is 0 Å². The van der Waals surface area contributed by atoms with Crippen LogP contribution in [0.1, 0.15) is 12.5 Å². The smallest absolute Gasteiger partial charge is 0.161 e. The highest BCUT2D eigenvalue weighted by Crippen LogP contribution is 2.20. The summed E-state index contributed by atoms with van der Waals surface area (Å²) < 4.78 is 0. The zero-order chi connectivity index (χ0) is 16.9. The lowest BCUT2D eigenvalue weighted by molar-refractivity contribution is 0.475. The number of hydrogen-bond acceptors (Lipinski definition) is 4. The quantitative estimate of drug-likeness (QED) is 0.774. The summed E-state index contributed by atoms with van der Waals surface area (Å²) in [6, 6.07) is 19.5. The lowest BCUT2D eigenvalue weighted by atomic mass is 10.1. The Labute approximate surface area is 142 Å². The molecule has 0 spiro atoms. The van der Waals surface area contributed by atoms with Crippen molar-refractivity contribution in [3.05, 3.63) is 72.4 Å². The molecule has 1 aromatic heterocycles. The van der Waals surface area contributed by atoms with Crippen molar-refractivity contribution in [2.45, 2.75) is 19.4 Å². The van der Waals surface area contributed by atoms with Gasteiger partial charge in [-0.25, -0.2) is 9.97 Å². The van der Waals surface area contributed by atoms with E-state index >= 15 is 0 Å². The molecule has 1 unspecified atom stereocenters. The number of likely N-dealkylation sites (N-methyl/N-ethyl adjacent to an activating group) is 1. The Balaban J connectivity index is 1.77. The van der Waals surface area contributed by atoms with E-state index in [9.17, 15) is 5.11 Å². The van der Waals surface area contributed by atoms with Crippen LogP contribution in [0.15, 0.2) is 66.9 Å². The van der Waals surface area contributed by atoms with Gasteiger partial charge in [0.15, 0.2) is 5.82 Å². The minimum absolute atomic E-state index is 0.271. The molecule has 0 aliphatic rings. The molecule has 0 aliphatic carbocycles. The Bertz CT molecular complexity index is 787. The standard InChI is InChI=1S/C20H21N3O/c1-15(14-16-8-10-18(24)11-9-16)23(2)19-12-13-21-20(22-19)17-6-4-3-5-7-17/h3-13,15,24H,14H2,1-2H3. The third-order valence-corrected chi connectivity index (χ3v) is 4.16. The summed E-state index contributed by atoms with van der Waals surface area (Å²) in [5.74, 6) is 1.93. The van der Waals surface area contributed by atoms with E-state index in [-0.39, 0.29) is 6.04 Å². The van der Waals surface area contributed by atoms with Crippen LogP contribution in [-0.2, 0) is 6.42 Å². The lowest BCUT2D eigenvalue weighted by Gasteiger charge is -2.26. The zero-order valence-electron chi connectivity index (χ0n) is 13.9. The molecule has 0 amide bonds. The largest absolute Gasteiger partial charge is 0.508 e. The number of nitrogens with zero attached hydrogens (tertiary/aromatic N) is 3. The molecule has 3 rings (SSSR count). The van der Waals surface area contributed by atoms with Gasteiger partial charge in [0.1, 0.15) is 11.6 Å². The summed E-state index contributed by atoms with van der Waals surface area (Å²) in [5.41, 5.74) is 2.20. The molecule has 1 N–H and O–H groups in total. The van der Waals surface area contributed by atoms with E-state index in [0.717, 1.165) is 23.6 Å². The summed E-state index contributed by atoms with van der Waals surface area (Å²) >= 11 is 0. The minimum atomic E-state index is 0.271. The summed E-state index contributed by atoms with van der Waals surface area (Å²) in [5, 5.41) is 9.39. The Morgan fingerprint density at radius 2 is 1.71 bits per heavy atom. The van der Waals surface area contributed by atoms with Gasteiger partial charge in [0.2, 0.25) is 0 Å². The average Bonchev–Trinajstić information content (AvgIpc) is 2.64. The van der Waals surface area contributed by atoms with Crippen LogP contribution in [0.4, 0.5) is 5.82 Å². The molecule has 122 valence electrons. The van der Waals surface area contributed by atoms with E-state index in [1.54, 1.807) is 18.3 Å². The highest BCUT2D eigenvalue weighted by molar-refractivity contribution is 5.57. The third kappa shape index (κ3) is 3.71. The topological polar surface area (TPSA) is 49.2 Å². The lowest BCUT2D eigenvalue weighted by Crippen LogP contribution is -2.31. The van der Waals surface area contributed by atoms with Gasteiger partial charge in [-0.1, -0.05) is 42.5 Å². The first-order chi connectivity index (χ1) is 11.6. The predicted molar refractivity (Wildman–Crippen MR) is 97.1 cm³/mol. The highest BCUT2D eigenvalue weighted by Gasteiger charge is 2.13. The maximum atomic E-state index is 9.39. The molecule has 0 saturated heterocycles. The molecule has 2 aromatic carbocycles. The maximum Gasteiger partial charge on any atom is 0.161 e. The van der Waals surface area contributed by atoms with E-state index in [2.05, 4.69) is 16.8 Å². The van der Waals surface area contributed by atoms with Crippen molar-refractivity contribution in [2.24, 2.45) is 0 Å². The molecule has 0 fully saturated rings. The van der Waals surface area contributed by atoms with Gasteiger partial charge < -0.3 is 10.0 Å². The van der Waals surface area contributed by atoms with Crippen molar-refractivity contribution in [1.82, 2.24) is 9.97 Å². The molecule has 3 aromatic rings. The molecule has 4 nitrogen and oxygen atoms in total. The fourth-order valence-electron chi connectivity index (χ4n) is 2.61. The van der Waals surface area contributed by atoms with E-state index in [4.69, 9.17) is 4.98 Å². The van der Waals surface area contributed by atoms with E-state index in [1.807, 2.05) is 55.6 Å². The molecule has 4 heteroatoms. The Kier molecular flexibility index (Phi) is 4.75. The van der Waals surface area contributed by atoms with Crippen molar-refractivity contribution in [3.8, 4) is 17.1 Å². The monoisotopic (exact) mass is 319 g/mol. The van der Waals surface area contributed by atoms with Crippen molar-refractivity contribution in [1.29, 1.82) is 0 Å². The molecule has 1 heterocycles. The molecular weight excluding hydrogens is 298 g/mol. The molecule has 1 atom stereocenters. The molecule has 0 bridgehead atoms. The Morgan fingerprint density at radius 1 is 1.00 bits per heavy atom. The van der Waals surface area contributed by atoms with Crippen LogP contribution < -0.4 is 4.90 Å². The fourth-order valence-corrected chi connectivity index (χ4v) is 2.61. The van der Waals surface area contributed by atoms with Crippen LogP contribution in [0.25, 0.3) is 11.4 Å². The number of phenolic OH excluding ortho intramolecular Hbond substituents is 1. The summed E-state index contributed by atoms with van der Waals surface area (Å²) in [4.78, 5) is 11.2. The van der Waals surface area contributed by atoms with Gasteiger partial charge in [-0.05, 0) is 37.1 Å². The van der Waals surface area contributed by atoms with Gasteiger partial charge in [-0.3, -0.25) is 0 Å². The van der Waals surface area contributed by atoms with Crippen LogP contribution in [0, 0.1) is 0 Å². The number of rotatable bonds is 5. The fraction of sp³-hybridized carbons (Fsp3) is 0.200. The molecule has 0 aliphatic heterocycles. The number of benzene rings is 2. The first kappa shape index (κ1) is 16.0. The van der Waals surface area contributed by atoms with Crippen LogP contribution in [-0.4, -0.2) is 28.2 Å². The second kappa shape index (κ2) is 7.13. The summed E-state index contributed by atoms with van der Waals surface area (Å²) in [6.07, 6.45) is 2.68. The predicted octanol–water partition coefficient (Wildman–Crippen LogP) is 3.92. The van der Waals surface area contributed by atoms with Crippen molar-refractivity contribution in [2.75, 3.05) is 11.9 Å². The SMILES string of the molecule is CC(Cc1ccc(O)cc1)N(C)c1ccnc(-c2ccccc2)n1. The Morgan fingerprint density at radius 3 is 2.42 bits per heavy atom. The number of hydrogen-bond donors (Lipinski definition) is 1. The zero-order valence-corrected chi connectivity index (χ0v) is 13.9. The molecular formula is C20H21N3O. The van der Waals surface area contributed by atoms with Crippen molar-refractivity contribution < 1.29 is 5.11 Å². The van der Waals surface area contributed by atoms with E-state index in [1.165, 1.54) is 5.56 Å². The molecule has 24 heavy (non-hydrogen) atoms. The minimum Gasteiger partial charge on any atom is -0.508 e. The maximum absolute atomic E-state index is 9.39. The first-order valence-electron chi connectivity index (χ1n) is 8.02. The Hall–Kier alpha value is -2.88. The van der Waals surface area contributed by atoms with E-state index < -0.39 is 0 Å². The van der Waals surface area contributed by atoms with Gasteiger partial charge >= 0.3 is 0 Å². The van der Waals surface area contributed by atoms with Crippen LogP contribution in [0.3, 0.4) is 0 Å². The normalized spacial score (nSPS) is 11.9. The number of anilines is 1.